The van der Waals surface area contributed by atoms with Gasteiger partial charge in [0.05, 0.1) is 11.2 Å². The number of rotatable bonds is 4. The Morgan fingerprint density at radius 2 is 1.45 bits per heavy atom. The summed E-state index contributed by atoms with van der Waals surface area (Å²) in [6, 6.07) is 28.2. The number of hydrogen-bond acceptors (Lipinski definition) is 3. The van der Waals surface area contributed by atoms with Gasteiger partial charge in [-0.2, -0.15) is 0 Å². The Hall–Kier alpha value is -3.89. The van der Waals surface area contributed by atoms with E-state index in [2.05, 4.69) is 24.3 Å². The van der Waals surface area contributed by atoms with Crippen molar-refractivity contribution in [3.63, 3.8) is 0 Å². The standard InChI is InChI=1S/C27H19NO3/c1-30-16-31-23-15-14-17-8-2-3-9-18(17)24(23)25-21-12-6-7-13-22(21)28-26(25)19-10-4-5-11-20(19)27(28)29/h2-15H,16H2,1H3. The molecule has 4 aromatic carbocycles. The summed E-state index contributed by atoms with van der Waals surface area (Å²) >= 11 is 0. The van der Waals surface area contributed by atoms with Crippen LogP contribution in [0.3, 0.4) is 0 Å². The van der Waals surface area contributed by atoms with Gasteiger partial charge in [-0.05, 0) is 29.0 Å². The van der Waals surface area contributed by atoms with Crippen LogP contribution in [0.1, 0.15) is 10.4 Å². The van der Waals surface area contributed by atoms with Crippen LogP contribution >= 0.6 is 0 Å². The molecule has 150 valence electrons. The lowest BCUT2D eigenvalue weighted by Gasteiger charge is -2.15. The van der Waals surface area contributed by atoms with Gasteiger partial charge in [-0.15, -0.1) is 0 Å². The molecule has 1 aliphatic heterocycles. The molecule has 0 N–H and O–H groups in total. The predicted molar refractivity (Wildman–Crippen MR) is 123 cm³/mol. The van der Waals surface area contributed by atoms with Crippen molar-refractivity contribution in [1.82, 2.24) is 4.57 Å². The Morgan fingerprint density at radius 3 is 2.29 bits per heavy atom. The Kier molecular flexibility index (Phi) is 3.95. The van der Waals surface area contributed by atoms with Gasteiger partial charge in [0.25, 0.3) is 5.91 Å². The minimum absolute atomic E-state index is 0.00708. The fourth-order valence-electron chi connectivity index (χ4n) is 4.71. The lowest BCUT2D eigenvalue weighted by molar-refractivity contribution is 0.0516. The highest BCUT2D eigenvalue weighted by atomic mass is 16.7. The summed E-state index contributed by atoms with van der Waals surface area (Å²) in [7, 11) is 1.61. The minimum atomic E-state index is 0.00708. The number of methoxy groups -OCH3 is 1. The average molecular weight is 405 g/mol. The summed E-state index contributed by atoms with van der Waals surface area (Å²) in [4.78, 5) is 13.4. The molecule has 6 rings (SSSR count). The number of carbonyl (C=O) groups is 1. The Balaban J connectivity index is 1.80. The number of carbonyl (C=O) groups excluding carboxylic acids is 1. The van der Waals surface area contributed by atoms with Crippen LogP contribution in [0, 0.1) is 0 Å². The van der Waals surface area contributed by atoms with Crippen molar-refractivity contribution >= 4 is 27.6 Å². The van der Waals surface area contributed by atoms with Gasteiger partial charge in [0.15, 0.2) is 6.79 Å². The largest absolute Gasteiger partial charge is 0.467 e. The van der Waals surface area contributed by atoms with Crippen LogP contribution in [0.25, 0.3) is 44.1 Å². The second-order valence-corrected chi connectivity index (χ2v) is 7.64. The summed E-state index contributed by atoms with van der Waals surface area (Å²) in [5.74, 6) is 0.740. The van der Waals surface area contributed by atoms with Gasteiger partial charge < -0.3 is 9.47 Å². The van der Waals surface area contributed by atoms with Gasteiger partial charge in [-0.1, -0.05) is 66.7 Å². The van der Waals surface area contributed by atoms with E-state index in [0.717, 1.165) is 55.4 Å². The minimum Gasteiger partial charge on any atom is -0.467 e. The first kappa shape index (κ1) is 17.9. The third kappa shape index (κ3) is 2.49. The second kappa shape index (κ2) is 6.83. The maximum absolute atomic E-state index is 13.4. The zero-order valence-corrected chi connectivity index (χ0v) is 17.0. The quantitative estimate of drug-likeness (QED) is 0.332. The topological polar surface area (TPSA) is 40.5 Å². The van der Waals surface area contributed by atoms with Crippen LogP contribution in [0.5, 0.6) is 5.75 Å². The molecule has 31 heavy (non-hydrogen) atoms. The zero-order chi connectivity index (χ0) is 20.9. The Labute approximate surface area is 179 Å². The van der Waals surface area contributed by atoms with Crippen LogP contribution in [-0.2, 0) is 4.74 Å². The number of benzene rings is 4. The first-order valence-corrected chi connectivity index (χ1v) is 10.2. The fraction of sp³-hybridized carbons (Fsp3) is 0.0741. The summed E-state index contributed by atoms with van der Waals surface area (Å²) < 4.78 is 13.1. The van der Waals surface area contributed by atoms with Crippen molar-refractivity contribution in [1.29, 1.82) is 0 Å². The number of ether oxygens (including phenoxy) is 2. The molecular formula is C27H19NO3. The number of hydrogen-bond donors (Lipinski definition) is 0. The highest BCUT2D eigenvalue weighted by Crippen LogP contribution is 2.50. The highest BCUT2D eigenvalue weighted by molar-refractivity contribution is 6.22. The fourth-order valence-corrected chi connectivity index (χ4v) is 4.71. The van der Waals surface area contributed by atoms with E-state index in [4.69, 9.17) is 9.47 Å². The molecular weight excluding hydrogens is 386 g/mol. The lowest BCUT2D eigenvalue weighted by atomic mass is 9.92. The molecule has 0 fully saturated rings. The van der Waals surface area contributed by atoms with Crippen molar-refractivity contribution < 1.29 is 14.3 Å². The predicted octanol–water partition coefficient (Wildman–Crippen LogP) is 6.11. The number of fused-ring (bicyclic) bond motifs is 6. The number of para-hydroxylation sites is 1. The van der Waals surface area contributed by atoms with E-state index < -0.39 is 0 Å². The highest BCUT2D eigenvalue weighted by Gasteiger charge is 2.33. The molecule has 0 bridgehead atoms. The van der Waals surface area contributed by atoms with Crippen LogP contribution in [0.4, 0.5) is 0 Å². The van der Waals surface area contributed by atoms with Crippen molar-refractivity contribution in [2.75, 3.05) is 13.9 Å². The van der Waals surface area contributed by atoms with Gasteiger partial charge in [0.2, 0.25) is 0 Å². The smallest absolute Gasteiger partial charge is 0.263 e. The van der Waals surface area contributed by atoms with Crippen LogP contribution < -0.4 is 4.74 Å². The van der Waals surface area contributed by atoms with E-state index in [1.54, 1.807) is 7.11 Å². The maximum atomic E-state index is 13.4. The van der Waals surface area contributed by atoms with Crippen molar-refractivity contribution in [2.45, 2.75) is 0 Å². The molecule has 0 amide bonds. The third-order valence-corrected chi connectivity index (χ3v) is 5.96. The zero-order valence-electron chi connectivity index (χ0n) is 17.0. The summed E-state index contributed by atoms with van der Waals surface area (Å²) in [5, 5.41) is 3.22. The van der Waals surface area contributed by atoms with Crippen LogP contribution in [0.15, 0.2) is 84.9 Å². The monoisotopic (exact) mass is 405 g/mol. The molecule has 0 saturated heterocycles. The molecule has 0 unspecified atom stereocenters. The first-order chi connectivity index (χ1) is 15.3. The Morgan fingerprint density at radius 1 is 0.742 bits per heavy atom. The van der Waals surface area contributed by atoms with E-state index in [1.807, 2.05) is 65.2 Å². The molecule has 2 heterocycles. The van der Waals surface area contributed by atoms with Gasteiger partial charge in [0, 0.05) is 34.7 Å². The van der Waals surface area contributed by atoms with E-state index in [0.29, 0.717) is 0 Å². The first-order valence-electron chi connectivity index (χ1n) is 10.2. The molecule has 0 aliphatic carbocycles. The van der Waals surface area contributed by atoms with Crippen molar-refractivity contribution in [2.24, 2.45) is 0 Å². The number of nitrogens with zero attached hydrogens (tertiary/aromatic N) is 1. The summed E-state index contributed by atoms with van der Waals surface area (Å²) in [6.45, 7) is 0.148. The second-order valence-electron chi connectivity index (χ2n) is 7.64. The summed E-state index contributed by atoms with van der Waals surface area (Å²) in [6.07, 6.45) is 0. The van der Waals surface area contributed by atoms with Crippen LogP contribution in [0.2, 0.25) is 0 Å². The average Bonchev–Trinajstić information content (AvgIpc) is 3.31. The van der Waals surface area contributed by atoms with Gasteiger partial charge in [-0.3, -0.25) is 9.36 Å². The molecule has 4 nitrogen and oxygen atoms in total. The van der Waals surface area contributed by atoms with E-state index in [1.165, 1.54) is 0 Å². The molecule has 1 aliphatic rings. The molecule has 0 radical (unpaired) electrons. The van der Waals surface area contributed by atoms with E-state index >= 15 is 0 Å². The summed E-state index contributed by atoms with van der Waals surface area (Å²) in [5.41, 5.74) is 5.48. The van der Waals surface area contributed by atoms with Crippen molar-refractivity contribution in [3.05, 3.63) is 90.5 Å². The number of aromatic nitrogens is 1. The SMILES string of the molecule is COCOc1ccc2ccccc2c1-c1c2n(c3ccccc13)C(=O)c1ccccc1-2. The van der Waals surface area contributed by atoms with Crippen LogP contribution in [-0.4, -0.2) is 24.4 Å². The van der Waals surface area contributed by atoms with E-state index in [9.17, 15) is 4.79 Å². The molecule has 0 atom stereocenters. The molecule has 0 saturated carbocycles. The molecule has 1 aromatic heterocycles. The Bertz CT molecular complexity index is 1500. The molecule has 5 aromatic rings. The van der Waals surface area contributed by atoms with E-state index in [-0.39, 0.29) is 12.7 Å². The molecule has 4 heteroatoms. The maximum Gasteiger partial charge on any atom is 0.263 e. The van der Waals surface area contributed by atoms with Crippen molar-refractivity contribution in [3.8, 4) is 28.1 Å². The normalized spacial score (nSPS) is 12.4. The lowest BCUT2D eigenvalue weighted by Crippen LogP contribution is -2.05. The van der Waals surface area contributed by atoms with Gasteiger partial charge >= 0.3 is 0 Å². The third-order valence-electron chi connectivity index (χ3n) is 5.96. The molecule has 0 spiro atoms. The van der Waals surface area contributed by atoms with Gasteiger partial charge in [-0.25, -0.2) is 0 Å². The van der Waals surface area contributed by atoms with Gasteiger partial charge in [0.1, 0.15) is 5.75 Å².